The number of rotatable bonds is 4. The van der Waals surface area contributed by atoms with E-state index in [1.165, 1.54) is 0 Å². The van der Waals surface area contributed by atoms with Crippen molar-refractivity contribution in [3.8, 4) is 11.5 Å². The van der Waals surface area contributed by atoms with Gasteiger partial charge in [0.2, 0.25) is 5.95 Å². The fourth-order valence-electron chi connectivity index (χ4n) is 6.01. The third-order valence-corrected chi connectivity index (χ3v) is 7.69. The summed E-state index contributed by atoms with van der Waals surface area (Å²) < 4.78 is 13.2. The first-order valence-electron chi connectivity index (χ1n) is 12.4. The first-order valence-corrected chi connectivity index (χ1v) is 12.4. The molecule has 0 bridgehead atoms. The predicted octanol–water partition coefficient (Wildman–Crippen LogP) is 5.95. The molecule has 0 radical (unpaired) electrons. The Balaban J connectivity index is 1.41. The van der Waals surface area contributed by atoms with Crippen molar-refractivity contribution in [2.75, 3.05) is 19.5 Å². The smallest absolute Gasteiger partial charge is 0.209 e. The van der Waals surface area contributed by atoms with Crippen molar-refractivity contribution in [3.05, 3.63) is 95.3 Å². The minimum atomic E-state index is -0.277. The number of anilines is 1. The van der Waals surface area contributed by atoms with E-state index in [2.05, 4.69) is 33.1 Å². The van der Waals surface area contributed by atoms with Gasteiger partial charge in [0.15, 0.2) is 5.78 Å². The Labute approximate surface area is 213 Å². The minimum Gasteiger partial charge on any atom is -0.497 e. The van der Waals surface area contributed by atoms with Crippen LogP contribution in [0.2, 0.25) is 0 Å². The zero-order chi connectivity index (χ0) is 25.1. The molecule has 1 aliphatic carbocycles. The summed E-state index contributed by atoms with van der Waals surface area (Å²) >= 11 is 0. The third-order valence-electron chi connectivity index (χ3n) is 7.69. The molecule has 37 heavy (non-hydrogen) atoms. The Morgan fingerprint density at radius 1 is 0.946 bits per heavy atom. The number of carbonyl (C=O) groups excluding carboxylic acids is 1. The van der Waals surface area contributed by atoms with Crippen molar-refractivity contribution >= 4 is 33.7 Å². The van der Waals surface area contributed by atoms with Crippen LogP contribution in [-0.4, -0.2) is 34.5 Å². The topological polar surface area (TPSA) is 81.2 Å². The second kappa shape index (κ2) is 8.27. The summed E-state index contributed by atoms with van der Waals surface area (Å²) in [6, 6.07) is 21.9. The van der Waals surface area contributed by atoms with Gasteiger partial charge in [0, 0.05) is 52.3 Å². The average molecular weight is 491 g/mol. The number of aromatic amines is 1. The van der Waals surface area contributed by atoms with E-state index in [1.807, 2.05) is 54.7 Å². The van der Waals surface area contributed by atoms with Crippen LogP contribution in [0.15, 0.2) is 84.2 Å². The highest BCUT2D eigenvalue weighted by molar-refractivity contribution is 6.02. The monoisotopic (exact) mass is 490 g/mol. The molecule has 3 aromatic carbocycles. The maximum atomic E-state index is 14.0. The Kier molecular flexibility index (Phi) is 4.86. The van der Waals surface area contributed by atoms with Gasteiger partial charge in [-0.15, -0.1) is 0 Å². The number of ketones is 1. The standard InChI is InChI=1S/C30H26N4O3/c1-36-18-11-12-19(27(15-18)37-2)17-13-24-28(26(35)14-17)29(21-16-31-22-8-4-3-7-20(21)22)34-25-10-6-5-9-23(25)32-30(34)33-24/h3-12,15-17,29,31H,13-14H2,1-2H3,(H,32,33). The number of H-pyrrole nitrogens is 1. The summed E-state index contributed by atoms with van der Waals surface area (Å²) in [4.78, 5) is 22.4. The van der Waals surface area contributed by atoms with E-state index in [0.29, 0.717) is 12.8 Å². The molecule has 0 saturated carbocycles. The molecular weight excluding hydrogens is 464 g/mol. The van der Waals surface area contributed by atoms with E-state index in [4.69, 9.17) is 14.5 Å². The molecule has 5 aromatic rings. The number of allylic oxidation sites excluding steroid dienone is 2. The molecule has 2 aliphatic rings. The average Bonchev–Trinajstić information content (AvgIpc) is 3.52. The van der Waals surface area contributed by atoms with Gasteiger partial charge in [-0.25, -0.2) is 4.98 Å². The van der Waals surface area contributed by atoms with Crippen molar-refractivity contribution < 1.29 is 14.3 Å². The van der Waals surface area contributed by atoms with Crippen LogP contribution in [0.3, 0.4) is 0 Å². The normalized spacial score (nSPS) is 19.0. The highest BCUT2D eigenvalue weighted by atomic mass is 16.5. The van der Waals surface area contributed by atoms with Crippen molar-refractivity contribution in [2.45, 2.75) is 24.8 Å². The van der Waals surface area contributed by atoms with Gasteiger partial charge in [0.1, 0.15) is 11.5 Å². The molecule has 7 nitrogen and oxygen atoms in total. The van der Waals surface area contributed by atoms with Crippen LogP contribution in [0.25, 0.3) is 21.9 Å². The van der Waals surface area contributed by atoms with E-state index >= 15 is 0 Å². The number of benzene rings is 3. The summed E-state index contributed by atoms with van der Waals surface area (Å²) in [5.74, 6) is 2.34. The van der Waals surface area contributed by atoms with Gasteiger partial charge >= 0.3 is 0 Å². The molecule has 0 amide bonds. The number of hydrogen-bond acceptors (Lipinski definition) is 5. The molecule has 1 aliphatic heterocycles. The lowest BCUT2D eigenvalue weighted by atomic mass is 9.77. The number of nitrogens with one attached hydrogen (secondary N) is 2. The van der Waals surface area contributed by atoms with Gasteiger partial charge in [-0.3, -0.25) is 9.36 Å². The van der Waals surface area contributed by atoms with Crippen LogP contribution in [0, 0.1) is 0 Å². The number of Topliss-reactive ketones (excluding diaryl/α,β-unsaturated/α-hetero) is 1. The van der Waals surface area contributed by atoms with Gasteiger partial charge in [-0.1, -0.05) is 36.4 Å². The molecule has 2 atom stereocenters. The second-order valence-electron chi connectivity index (χ2n) is 9.64. The highest BCUT2D eigenvalue weighted by Crippen LogP contribution is 2.48. The number of ether oxygens (including phenoxy) is 2. The summed E-state index contributed by atoms with van der Waals surface area (Å²) in [5.41, 5.74) is 6.76. The first-order chi connectivity index (χ1) is 18.2. The molecule has 0 spiro atoms. The zero-order valence-corrected chi connectivity index (χ0v) is 20.6. The molecule has 3 heterocycles. The number of carbonyl (C=O) groups is 1. The minimum absolute atomic E-state index is 0.0147. The summed E-state index contributed by atoms with van der Waals surface area (Å²) in [6.07, 6.45) is 3.13. The lowest BCUT2D eigenvalue weighted by molar-refractivity contribution is -0.116. The second-order valence-corrected chi connectivity index (χ2v) is 9.64. The van der Waals surface area contributed by atoms with Crippen LogP contribution < -0.4 is 14.8 Å². The number of aromatic nitrogens is 3. The van der Waals surface area contributed by atoms with Gasteiger partial charge < -0.3 is 19.8 Å². The lowest BCUT2D eigenvalue weighted by Crippen LogP contribution is -2.33. The zero-order valence-electron chi connectivity index (χ0n) is 20.6. The Morgan fingerprint density at radius 2 is 1.78 bits per heavy atom. The van der Waals surface area contributed by atoms with Crippen LogP contribution in [0.4, 0.5) is 5.95 Å². The molecule has 2 unspecified atom stereocenters. The van der Waals surface area contributed by atoms with E-state index in [-0.39, 0.29) is 17.7 Å². The van der Waals surface area contributed by atoms with Gasteiger partial charge in [-0.05, 0) is 36.2 Å². The first kappa shape index (κ1) is 21.7. The molecule has 0 saturated heterocycles. The van der Waals surface area contributed by atoms with Crippen molar-refractivity contribution in [2.24, 2.45) is 0 Å². The fourth-order valence-corrected chi connectivity index (χ4v) is 6.01. The van der Waals surface area contributed by atoms with Gasteiger partial charge in [0.05, 0.1) is 31.3 Å². The van der Waals surface area contributed by atoms with E-state index in [1.54, 1.807) is 14.2 Å². The SMILES string of the molecule is COc1ccc(C2CC(=O)C3=C(C2)Nc2nc4ccccc4n2C3c2c[nH]c3ccccc23)c(OC)c1. The summed E-state index contributed by atoms with van der Waals surface area (Å²) in [6.45, 7) is 0. The quantitative estimate of drug-likeness (QED) is 0.325. The van der Waals surface area contributed by atoms with Crippen LogP contribution >= 0.6 is 0 Å². The number of fused-ring (bicyclic) bond motifs is 4. The van der Waals surface area contributed by atoms with Crippen molar-refractivity contribution in [1.29, 1.82) is 0 Å². The largest absolute Gasteiger partial charge is 0.497 e. The predicted molar refractivity (Wildman–Crippen MR) is 143 cm³/mol. The molecular formula is C30H26N4O3. The maximum Gasteiger partial charge on any atom is 0.209 e. The van der Waals surface area contributed by atoms with E-state index < -0.39 is 0 Å². The maximum absolute atomic E-state index is 14.0. The van der Waals surface area contributed by atoms with Crippen LogP contribution in [-0.2, 0) is 4.79 Å². The van der Waals surface area contributed by atoms with Crippen molar-refractivity contribution in [1.82, 2.24) is 14.5 Å². The van der Waals surface area contributed by atoms with Gasteiger partial charge in [-0.2, -0.15) is 0 Å². The van der Waals surface area contributed by atoms with Gasteiger partial charge in [0.25, 0.3) is 0 Å². The van der Waals surface area contributed by atoms with E-state index in [9.17, 15) is 4.79 Å². The molecule has 2 N–H and O–H groups in total. The van der Waals surface area contributed by atoms with E-state index in [0.717, 1.165) is 61.8 Å². The van der Waals surface area contributed by atoms with Crippen molar-refractivity contribution in [3.63, 3.8) is 0 Å². The van der Waals surface area contributed by atoms with Crippen LogP contribution in [0.1, 0.15) is 35.9 Å². The Bertz CT molecular complexity index is 1730. The lowest BCUT2D eigenvalue weighted by Gasteiger charge is -2.36. The number of methoxy groups -OCH3 is 2. The number of hydrogen-bond donors (Lipinski definition) is 2. The molecule has 2 aromatic heterocycles. The summed E-state index contributed by atoms with van der Waals surface area (Å²) in [5, 5.41) is 4.66. The fraction of sp³-hybridized carbons (Fsp3) is 0.200. The highest BCUT2D eigenvalue weighted by Gasteiger charge is 2.40. The Morgan fingerprint density at radius 3 is 2.65 bits per heavy atom. The molecule has 184 valence electrons. The molecule has 0 fully saturated rings. The Hall–Kier alpha value is -4.52. The molecule has 7 rings (SSSR count). The third kappa shape index (κ3) is 3.27. The summed E-state index contributed by atoms with van der Waals surface area (Å²) in [7, 11) is 3.29. The number of para-hydroxylation sites is 3. The van der Waals surface area contributed by atoms with Crippen LogP contribution in [0.5, 0.6) is 11.5 Å². The molecule has 7 heteroatoms. The number of nitrogens with zero attached hydrogens (tertiary/aromatic N) is 2. The number of imidazole rings is 1.